The van der Waals surface area contributed by atoms with Crippen molar-refractivity contribution in [2.45, 2.75) is 13.0 Å². The molecule has 0 spiro atoms. The van der Waals surface area contributed by atoms with Crippen LogP contribution < -0.4 is 5.32 Å². The average molecular weight is 248 g/mol. The molecule has 1 aromatic carbocycles. The van der Waals surface area contributed by atoms with Crippen LogP contribution in [-0.2, 0) is 0 Å². The van der Waals surface area contributed by atoms with Crippen LogP contribution in [0.25, 0.3) is 0 Å². The van der Waals surface area contributed by atoms with Gasteiger partial charge in [0.25, 0.3) is 5.69 Å². The molecule has 94 valence electrons. The summed E-state index contributed by atoms with van der Waals surface area (Å²) in [4.78, 5) is 21.4. The molecule has 0 unspecified atom stereocenters. The lowest BCUT2D eigenvalue weighted by molar-refractivity contribution is -0.384. The van der Waals surface area contributed by atoms with Gasteiger partial charge in [-0.2, -0.15) is 0 Å². The smallest absolute Gasteiger partial charge is 0.293 e. The molecule has 1 rings (SSSR count). The molecular weight excluding hydrogens is 236 g/mol. The summed E-state index contributed by atoms with van der Waals surface area (Å²) in [5.74, 6) is 1.99. The Morgan fingerprint density at radius 3 is 2.78 bits per heavy atom. The van der Waals surface area contributed by atoms with E-state index in [0.717, 1.165) is 0 Å². The van der Waals surface area contributed by atoms with Gasteiger partial charge in [-0.05, 0) is 19.1 Å². The van der Waals surface area contributed by atoms with Gasteiger partial charge in [-0.3, -0.25) is 14.9 Å². The number of hydrogen-bond acceptors (Lipinski definition) is 5. The van der Waals surface area contributed by atoms with Crippen LogP contribution in [0.4, 0.5) is 11.4 Å². The predicted octanol–water partition coefficient (Wildman–Crippen LogP) is 1.20. The Hall–Kier alpha value is -2.39. The number of carbonyl (C=O) groups is 1. The van der Waals surface area contributed by atoms with Gasteiger partial charge in [-0.25, -0.2) is 0 Å². The van der Waals surface area contributed by atoms with Crippen LogP contribution in [0.15, 0.2) is 18.2 Å². The number of Topliss-reactive ketones (excluding diaryl/α,β-unsaturated/α-hetero) is 1. The van der Waals surface area contributed by atoms with Crippen molar-refractivity contribution in [3.63, 3.8) is 0 Å². The maximum atomic E-state index is 11.2. The largest absolute Gasteiger partial charge is 0.393 e. The third kappa shape index (κ3) is 3.06. The summed E-state index contributed by atoms with van der Waals surface area (Å²) in [5, 5.41) is 22.5. The van der Waals surface area contributed by atoms with E-state index in [4.69, 9.17) is 11.5 Å². The first-order valence-corrected chi connectivity index (χ1v) is 5.12. The highest BCUT2D eigenvalue weighted by atomic mass is 16.6. The van der Waals surface area contributed by atoms with Gasteiger partial charge >= 0.3 is 0 Å². The number of nitrogens with one attached hydrogen (secondary N) is 1. The van der Waals surface area contributed by atoms with Crippen LogP contribution >= 0.6 is 0 Å². The molecule has 0 fully saturated rings. The molecular formula is C12H12N2O4. The molecule has 0 aliphatic rings. The zero-order valence-electron chi connectivity index (χ0n) is 9.71. The summed E-state index contributed by atoms with van der Waals surface area (Å²) in [6.45, 7) is 0.978. The minimum Gasteiger partial charge on any atom is -0.393 e. The van der Waals surface area contributed by atoms with Gasteiger partial charge in [0, 0.05) is 11.6 Å². The van der Waals surface area contributed by atoms with E-state index in [1.807, 2.05) is 0 Å². The number of nitrogens with zero attached hydrogens (tertiary/aromatic N) is 1. The number of hydrogen-bond donors (Lipinski definition) is 2. The third-order valence-electron chi connectivity index (χ3n) is 2.31. The highest BCUT2D eigenvalue weighted by Crippen LogP contribution is 2.26. The summed E-state index contributed by atoms with van der Waals surface area (Å²) >= 11 is 0. The van der Waals surface area contributed by atoms with E-state index < -0.39 is 11.0 Å². The lowest BCUT2D eigenvalue weighted by atomic mass is 10.1. The molecule has 0 aliphatic heterocycles. The standard InChI is InChI=1S/C12H12N2O4/c1-3-10(7-15)13-11-5-4-9(8(2)16)6-12(11)14(17)18/h1,4-6,10,13,15H,7H2,2H3/t10-/m1/s1. The number of benzene rings is 1. The summed E-state index contributed by atoms with van der Waals surface area (Å²) in [6.07, 6.45) is 5.14. The van der Waals surface area contributed by atoms with Crippen molar-refractivity contribution in [1.29, 1.82) is 0 Å². The zero-order valence-corrected chi connectivity index (χ0v) is 9.71. The number of anilines is 1. The molecule has 0 heterocycles. The van der Waals surface area contributed by atoms with Gasteiger partial charge in [0.15, 0.2) is 5.78 Å². The monoisotopic (exact) mass is 248 g/mol. The molecule has 0 aromatic heterocycles. The maximum absolute atomic E-state index is 11.2. The predicted molar refractivity (Wildman–Crippen MR) is 66.4 cm³/mol. The molecule has 0 saturated carbocycles. The zero-order chi connectivity index (χ0) is 13.7. The third-order valence-corrected chi connectivity index (χ3v) is 2.31. The molecule has 6 nitrogen and oxygen atoms in total. The van der Waals surface area contributed by atoms with Crippen molar-refractivity contribution in [3.05, 3.63) is 33.9 Å². The van der Waals surface area contributed by atoms with Crippen molar-refractivity contribution < 1.29 is 14.8 Å². The first-order chi connectivity index (χ1) is 8.49. The highest BCUT2D eigenvalue weighted by molar-refractivity contribution is 5.95. The maximum Gasteiger partial charge on any atom is 0.293 e. The van der Waals surface area contributed by atoms with E-state index in [1.54, 1.807) is 0 Å². The second-order valence-electron chi connectivity index (χ2n) is 3.59. The van der Waals surface area contributed by atoms with Crippen LogP contribution in [-0.4, -0.2) is 28.5 Å². The molecule has 0 bridgehead atoms. The van der Waals surface area contributed by atoms with E-state index in [1.165, 1.54) is 25.1 Å². The van der Waals surface area contributed by atoms with E-state index in [2.05, 4.69) is 11.2 Å². The van der Waals surface area contributed by atoms with E-state index in [-0.39, 0.29) is 29.3 Å². The van der Waals surface area contributed by atoms with Gasteiger partial charge in [0.05, 0.1) is 11.5 Å². The first-order valence-electron chi connectivity index (χ1n) is 5.12. The molecule has 1 atom stereocenters. The van der Waals surface area contributed by atoms with Crippen LogP contribution in [0.3, 0.4) is 0 Å². The quantitative estimate of drug-likeness (QED) is 0.353. The van der Waals surface area contributed by atoms with Crippen molar-refractivity contribution >= 4 is 17.2 Å². The molecule has 2 N–H and O–H groups in total. The van der Waals surface area contributed by atoms with Crippen LogP contribution in [0.5, 0.6) is 0 Å². The average Bonchev–Trinajstić information content (AvgIpc) is 2.35. The van der Waals surface area contributed by atoms with Crippen molar-refractivity contribution in [2.75, 3.05) is 11.9 Å². The number of terminal acetylenes is 1. The fourth-order valence-corrected chi connectivity index (χ4v) is 1.35. The second-order valence-corrected chi connectivity index (χ2v) is 3.59. The first kappa shape index (κ1) is 13.7. The summed E-state index contributed by atoms with van der Waals surface area (Å²) in [7, 11) is 0. The Balaban J connectivity index is 3.16. The second kappa shape index (κ2) is 5.80. The van der Waals surface area contributed by atoms with Crippen molar-refractivity contribution in [1.82, 2.24) is 0 Å². The number of rotatable bonds is 5. The normalized spacial score (nSPS) is 11.4. The lowest BCUT2D eigenvalue weighted by Crippen LogP contribution is -2.22. The van der Waals surface area contributed by atoms with Crippen molar-refractivity contribution in [2.24, 2.45) is 0 Å². The Morgan fingerprint density at radius 2 is 2.33 bits per heavy atom. The molecule has 0 saturated heterocycles. The Kier molecular flexibility index (Phi) is 4.40. The summed E-state index contributed by atoms with van der Waals surface area (Å²) < 4.78 is 0. The van der Waals surface area contributed by atoms with Gasteiger partial charge < -0.3 is 10.4 Å². The minimum atomic E-state index is -0.716. The lowest BCUT2D eigenvalue weighted by Gasteiger charge is -2.12. The molecule has 1 aromatic rings. The molecule has 0 amide bonds. The highest BCUT2D eigenvalue weighted by Gasteiger charge is 2.17. The van der Waals surface area contributed by atoms with Gasteiger partial charge in [-0.15, -0.1) is 6.42 Å². The van der Waals surface area contributed by atoms with Crippen LogP contribution in [0.2, 0.25) is 0 Å². The fraction of sp³-hybridized carbons (Fsp3) is 0.250. The molecule has 6 heteroatoms. The Labute approximate surface area is 104 Å². The SMILES string of the molecule is C#C[C@H](CO)Nc1ccc(C(C)=O)cc1[N+](=O)[O-]. The summed E-state index contributed by atoms with van der Waals surface area (Å²) in [6, 6.07) is 3.32. The number of aliphatic hydroxyl groups is 1. The molecule has 0 radical (unpaired) electrons. The fourth-order valence-electron chi connectivity index (χ4n) is 1.35. The van der Waals surface area contributed by atoms with E-state index >= 15 is 0 Å². The topological polar surface area (TPSA) is 92.5 Å². The van der Waals surface area contributed by atoms with Gasteiger partial charge in [0.2, 0.25) is 0 Å². The molecule has 18 heavy (non-hydrogen) atoms. The van der Waals surface area contributed by atoms with Gasteiger partial charge in [-0.1, -0.05) is 5.92 Å². The van der Waals surface area contributed by atoms with E-state index in [0.29, 0.717) is 0 Å². The number of aliphatic hydroxyl groups excluding tert-OH is 1. The Bertz CT molecular complexity index is 519. The van der Waals surface area contributed by atoms with Crippen LogP contribution in [0.1, 0.15) is 17.3 Å². The number of ketones is 1. The Morgan fingerprint density at radius 1 is 1.67 bits per heavy atom. The number of nitro benzene ring substituents is 1. The van der Waals surface area contributed by atoms with E-state index in [9.17, 15) is 14.9 Å². The van der Waals surface area contributed by atoms with Gasteiger partial charge in [0.1, 0.15) is 11.7 Å². The molecule has 0 aliphatic carbocycles. The van der Waals surface area contributed by atoms with Crippen molar-refractivity contribution in [3.8, 4) is 12.3 Å². The number of carbonyl (C=O) groups excluding carboxylic acids is 1. The summed E-state index contributed by atoms with van der Waals surface area (Å²) in [5.41, 5.74) is 0.159. The minimum absolute atomic E-state index is 0.169. The number of nitro groups is 1. The van der Waals surface area contributed by atoms with Crippen LogP contribution in [0, 0.1) is 22.5 Å².